The van der Waals surface area contributed by atoms with E-state index >= 15 is 0 Å². The second kappa shape index (κ2) is 8.23. The maximum atomic E-state index is 12.5. The molecule has 1 aliphatic heterocycles. The highest BCUT2D eigenvalue weighted by Crippen LogP contribution is 2.28. The molecule has 1 aliphatic rings. The lowest BCUT2D eigenvalue weighted by Crippen LogP contribution is -2.17. The molecule has 2 aromatic heterocycles. The Morgan fingerprint density at radius 3 is 2.70 bits per heavy atom. The van der Waals surface area contributed by atoms with Gasteiger partial charge in [0.25, 0.3) is 0 Å². The highest BCUT2D eigenvalue weighted by molar-refractivity contribution is 7.91. The Hall–Kier alpha value is -3.26. The lowest BCUT2D eigenvalue weighted by molar-refractivity contribution is 0.242. The van der Waals surface area contributed by atoms with Crippen LogP contribution in [0.1, 0.15) is 36.2 Å². The molecule has 0 saturated heterocycles. The largest absolute Gasteiger partial charge is 0.491 e. The number of benzene rings is 1. The van der Waals surface area contributed by atoms with Gasteiger partial charge in [0.1, 0.15) is 17.3 Å². The number of fused-ring (bicyclic) bond motifs is 1. The topological polar surface area (TPSA) is 93.5 Å². The number of hydrogen-bond donors (Lipinski definition) is 1. The predicted molar refractivity (Wildman–Crippen MR) is 116 cm³/mol. The van der Waals surface area contributed by atoms with Gasteiger partial charge in [-0.15, -0.1) is 0 Å². The molecule has 3 heterocycles. The molecule has 0 amide bonds. The van der Waals surface area contributed by atoms with Gasteiger partial charge in [0.05, 0.1) is 24.1 Å². The van der Waals surface area contributed by atoms with E-state index in [2.05, 4.69) is 19.7 Å². The first kappa shape index (κ1) is 20.0. The molecule has 154 valence electrons. The number of aliphatic imine (C=N–C) groups is 1. The van der Waals surface area contributed by atoms with Crippen LogP contribution in [0, 0.1) is 0 Å². The Labute approximate surface area is 175 Å². The minimum atomic E-state index is -3.64. The van der Waals surface area contributed by atoms with Crippen LogP contribution in [-0.4, -0.2) is 30.2 Å². The van der Waals surface area contributed by atoms with Crippen LogP contribution in [0.3, 0.4) is 0 Å². The molecule has 4 rings (SSSR count). The molecule has 0 unspecified atom stereocenters. The van der Waals surface area contributed by atoms with Crippen molar-refractivity contribution in [2.24, 2.45) is 4.99 Å². The smallest absolute Gasteiger partial charge is 0.239 e. The van der Waals surface area contributed by atoms with E-state index in [1.165, 1.54) is 0 Å². The maximum absolute atomic E-state index is 12.5. The summed E-state index contributed by atoms with van der Waals surface area (Å²) in [5.74, 6) is 0.803. The van der Waals surface area contributed by atoms with Crippen LogP contribution >= 0.6 is 0 Å². The molecule has 1 aromatic carbocycles. The summed E-state index contributed by atoms with van der Waals surface area (Å²) >= 11 is 0. The first-order chi connectivity index (χ1) is 14.4. The quantitative estimate of drug-likeness (QED) is 0.628. The highest BCUT2D eigenvalue weighted by Gasteiger charge is 2.20. The lowest BCUT2D eigenvalue weighted by atomic mass is 10.0. The van der Waals surface area contributed by atoms with Gasteiger partial charge in [-0.1, -0.05) is 12.1 Å². The fraction of sp³-hybridized carbons (Fsp3) is 0.227. The van der Waals surface area contributed by atoms with Crippen LogP contribution in [0.5, 0.6) is 5.75 Å². The molecule has 0 bridgehead atoms. The molecule has 0 fully saturated rings. The number of nitrogens with zero attached hydrogens (tertiary/aromatic N) is 3. The molecular formula is C22H22N4O3S. The first-order valence-electron chi connectivity index (χ1n) is 9.61. The van der Waals surface area contributed by atoms with Crippen LogP contribution in [0.4, 0.5) is 5.82 Å². The highest BCUT2D eigenvalue weighted by atomic mass is 32.2. The third-order valence-electron chi connectivity index (χ3n) is 4.47. The van der Waals surface area contributed by atoms with Gasteiger partial charge in [0.15, 0.2) is 0 Å². The Kier molecular flexibility index (Phi) is 5.50. The van der Waals surface area contributed by atoms with Crippen molar-refractivity contribution in [3.8, 4) is 5.75 Å². The molecule has 0 aliphatic carbocycles. The molecule has 3 aromatic rings. The number of aromatic nitrogens is 2. The predicted octanol–water partition coefficient (Wildman–Crippen LogP) is 3.56. The normalized spacial score (nSPS) is 13.1. The molecule has 30 heavy (non-hydrogen) atoms. The number of nitrogens with one attached hydrogen (secondary N) is 1. The van der Waals surface area contributed by atoms with Gasteiger partial charge in [0.2, 0.25) is 10.0 Å². The maximum Gasteiger partial charge on any atom is 0.239 e. The van der Waals surface area contributed by atoms with Crippen molar-refractivity contribution in [3.63, 3.8) is 0 Å². The van der Waals surface area contributed by atoms with Gasteiger partial charge in [-0.2, -0.15) is 0 Å². The van der Waals surface area contributed by atoms with Gasteiger partial charge < -0.3 is 4.74 Å². The first-order valence-corrected chi connectivity index (χ1v) is 11.3. The van der Waals surface area contributed by atoms with Crippen molar-refractivity contribution in [2.75, 3.05) is 4.72 Å². The lowest BCUT2D eigenvalue weighted by Gasteiger charge is -2.12. The average Bonchev–Trinajstić information content (AvgIpc) is 3.11. The summed E-state index contributed by atoms with van der Waals surface area (Å²) in [6, 6.07) is 14.6. The summed E-state index contributed by atoms with van der Waals surface area (Å²) in [4.78, 5) is 12.9. The zero-order valence-corrected chi connectivity index (χ0v) is 17.6. The molecule has 1 N–H and O–H groups in total. The minimum absolute atomic E-state index is 0.0749. The van der Waals surface area contributed by atoms with E-state index in [1.807, 2.05) is 38.1 Å². The van der Waals surface area contributed by atoms with Crippen molar-refractivity contribution in [1.82, 2.24) is 9.97 Å². The van der Waals surface area contributed by atoms with E-state index in [9.17, 15) is 8.42 Å². The number of ether oxygens (including phenoxy) is 1. The molecule has 0 saturated carbocycles. The molecular weight excluding hydrogens is 400 g/mol. The van der Waals surface area contributed by atoms with Crippen molar-refractivity contribution in [2.45, 2.75) is 32.2 Å². The summed E-state index contributed by atoms with van der Waals surface area (Å²) in [7, 11) is -3.64. The zero-order chi connectivity index (χ0) is 21.1. The van der Waals surface area contributed by atoms with Crippen LogP contribution in [-0.2, 0) is 22.3 Å². The number of pyridine rings is 2. The van der Waals surface area contributed by atoms with Crippen molar-refractivity contribution < 1.29 is 13.2 Å². The fourth-order valence-electron chi connectivity index (χ4n) is 3.26. The van der Waals surface area contributed by atoms with E-state index in [0.717, 1.165) is 28.2 Å². The number of anilines is 1. The van der Waals surface area contributed by atoms with Gasteiger partial charge >= 0.3 is 0 Å². The Bertz CT molecular complexity index is 1190. The molecule has 0 atom stereocenters. The summed E-state index contributed by atoms with van der Waals surface area (Å²) in [6.07, 6.45) is 3.21. The van der Waals surface area contributed by atoms with E-state index < -0.39 is 10.0 Å². The van der Waals surface area contributed by atoms with Crippen LogP contribution in [0.15, 0.2) is 65.9 Å². The van der Waals surface area contributed by atoms with Crippen LogP contribution in [0.25, 0.3) is 0 Å². The van der Waals surface area contributed by atoms with Crippen molar-refractivity contribution in [1.29, 1.82) is 0 Å². The van der Waals surface area contributed by atoms with Gasteiger partial charge in [0, 0.05) is 23.5 Å². The average molecular weight is 423 g/mol. The monoisotopic (exact) mass is 422 g/mol. The van der Waals surface area contributed by atoms with Gasteiger partial charge in [-0.05, 0) is 55.8 Å². The SMILES string of the molecule is CC(C)Oc1ccc2c(c1)C(c1ccnc(NS(=O)(=O)Cc3ccccn3)c1)=NC2. The Morgan fingerprint density at radius 1 is 1.07 bits per heavy atom. The van der Waals surface area contributed by atoms with Crippen LogP contribution in [0.2, 0.25) is 0 Å². The number of sulfonamides is 1. The molecule has 7 nitrogen and oxygen atoms in total. The summed E-state index contributed by atoms with van der Waals surface area (Å²) in [5.41, 5.74) is 4.15. The molecule has 8 heteroatoms. The summed E-state index contributed by atoms with van der Waals surface area (Å²) in [6.45, 7) is 4.54. The summed E-state index contributed by atoms with van der Waals surface area (Å²) < 4.78 is 33.4. The fourth-order valence-corrected chi connectivity index (χ4v) is 4.33. The standard InChI is InChI=1S/C22H22N4O3S/c1-15(2)29-19-7-6-17-13-25-22(20(17)12-19)16-8-10-24-21(11-16)26-30(27,28)14-18-5-3-4-9-23-18/h3-12,15H,13-14H2,1-2H3,(H,24,26). The number of hydrogen-bond acceptors (Lipinski definition) is 6. The van der Waals surface area contributed by atoms with E-state index in [0.29, 0.717) is 12.2 Å². The second-order valence-electron chi connectivity index (χ2n) is 7.26. The van der Waals surface area contributed by atoms with Gasteiger partial charge in [-0.3, -0.25) is 14.7 Å². The zero-order valence-electron chi connectivity index (χ0n) is 16.7. The van der Waals surface area contributed by atoms with E-state index in [4.69, 9.17) is 4.74 Å². The van der Waals surface area contributed by atoms with Crippen LogP contribution < -0.4 is 9.46 Å². The second-order valence-corrected chi connectivity index (χ2v) is 8.98. The molecule has 0 spiro atoms. The Morgan fingerprint density at radius 2 is 1.93 bits per heavy atom. The minimum Gasteiger partial charge on any atom is -0.491 e. The Balaban J connectivity index is 1.57. The van der Waals surface area contributed by atoms with Crippen molar-refractivity contribution in [3.05, 3.63) is 83.3 Å². The van der Waals surface area contributed by atoms with Gasteiger partial charge in [-0.25, -0.2) is 13.4 Å². The van der Waals surface area contributed by atoms with Crippen molar-refractivity contribution >= 4 is 21.6 Å². The third-order valence-corrected chi connectivity index (χ3v) is 5.67. The number of rotatable bonds is 7. The van der Waals surface area contributed by atoms with E-state index in [-0.39, 0.29) is 17.7 Å². The summed E-state index contributed by atoms with van der Waals surface area (Å²) in [5, 5.41) is 0. The third kappa shape index (κ3) is 4.65. The molecule has 0 radical (unpaired) electrons. The van der Waals surface area contributed by atoms with E-state index in [1.54, 1.807) is 36.7 Å².